The number of ether oxygens (including phenoxy) is 3. The smallest absolute Gasteiger partial charge is 0.339 e. The molecule has 1 N–H and O–H groups in total. The molecule has 3 aromatic carbocycles. The number of halogens is 1. The van der Waals surface area contributed by atoms with Gasteiger partial charge in [0.05, 0.1) is 31.6 Å². The summed E-state index contributed by atoms with van der Waals surface area (Å²) in [6.45, 7) is 6.05. The highest BCUT2D eigenvalue weighted by molar-refractivity contribution is 7.87. The number of amides is 1. The summed E-state index contributed by atoms with van der Waals surface area (Å²) < 4.78 is 47.1. The van der Waals surface area contributed by atoms with Crippen molar-refractivity contribution in [1.82, 2.24) is 5.43 Å². The quantitative estimate of drug-likeness (QED) is 0.205. The third-order valence-corrected chi connectivity index (χ3v) is 6.46. The Labute approximate surface area is 221 Å². The third kappa shape index (κ3) is 7.14. The molecule has 0 unspecified atom stereocenters. The molecule has 37 heavy (non-hydrogen) atoms. The minimum absolute atomic E-state index is 0.00840. The van der Waals surface area contributed by atoms with E-state index in [4.69, 9.17) is 30.0 Å². The van der Waals surface area contributed by atoms with Crippen LogP contribution in [0.1, 0.15) is 35.3 Å². The van der Waals surface area contributed by atoms with Crippen LogP contribution >= 0.6 is 11.6 Å². The molecule has 0 saturated carbocycles. The van der Waals surface area contributed by atoms with Crippen LogP contribution in [0.5, 0.6) is 23.0 Å². The van der Waals surface area contributed by atoms with E-state index in [9.17, 15) is 13.2 Å². The van der Waals surface area contributed by atoms with Gasteiger partial charge in [-0.1, -0.05) is 29.3 Å². The van der Waals surface area contributed by atoms with E-state index >= 15 is 0 Å². The van der Waals surface area contributed by atoms with Gasteiger partial charge >= 0.3 is 10.1 Å². The Kier molecular flexibility index (Phi) is 9.37. The number of aryl methyl sites for hydroxylation is 1. The predicted octanol–water partition coefficient (Wildman–Crippen LogP) is 4.99. The van der Waals surface area contributed by atoms with Crippen LogP contribution in [0.25, 0.3) is 0 Å². The fraction of sp³-hybridized carbons (Fsp3) is 0.231. The Morgan fingerprint density at radius 1 is 0.973 bits per heavy atom. The van der Waals surface area contributed by atoms with Crippen LogP contribution in [0.15, 0.2) is 64.6 Å². The van der Waals surface area contributed by atoms with Gasteiger partial charge in [-0.3, -0.25) is 4.79 Å². The molecule has 0 aliphatic heterocycles. The number of hydrogen-bond acceptors (Lipinski definition) is 8. The van der Waals surface area contributed by atoms with Crippen molar-refractivity contribution >= 4 is 33.8 Å². The van der Waals surface area contributed by atoms with Crippen molar-refractivity contribution in [1.29, 1.82) is 0 Å². The van der Waals surface area contributed by atoms with Crippen LogP contribution in [0.4, 0.5) is 0 Å². The summed E-state index contributed by atoms with van der Waals surface area (Å²) in [5, 5.41) is 3.96. The zero-order valence-corrected chi connectivity index (χ0v) is 22.4. The molecule has 0 radical (unpaired) electrons. The van der Waals surface area contributed by atoms with Crippen molar-refractivity contribution in [3.8, 4) is 23.0 Å². The summed E-state index contributed by atoms with van der Waals surface area (Å²) in [5.74, 6) is 0.430. The van der Waals surface area contributed by atoms with E-state index in [1.54, 1.807) is 37.3 Å². The van der Waals surface area contributed by atoms with E-state index in [-0.39, 0.29) is 28.0 Å². The highest BCUT2D eigenvalue weighted by Crippen LogP contribution is 2.38. The minimum atomic E-state index is -4.15. The van der Waals surface area contributed by atoms with Gasteiger partial charge in [-0.2, -0.15) is 13.5 Å². The Bertz CT molecular complexity index is 1390. The molecule has 0 aromatic heterocycles. The lowest BCUT2D eigenvalue weighted by molar-refractivity contribution is 0.0954. The van der Waals surface area contributed by atoms with E-state index in [1.165, 1.54) is 37.6 Å². The second-order valence-electron chi connectivity index (χ2n) is 7.61. The molecule has 0 saturated heterocycles. The number of nitrogens with zero attached hydrogens (tertiary/aromatic N) is 1. The van der Waals surface area contributed by atoms with Crippen molar-refractivity contribution in [2.75, 3.05) is 20.3 Å². The maximum Gasteiger partial charge on any atom is 0.339 e. The highest BCUT2D eigenvalue weighted by atomic mass is 35.5. The van der Waals surface area contributed by atoms with Crippen LogP contribution in [0.2, 0.25) is 5.02 Å². The average Bonchev–Trinajstić information content (AvgIpc) is 2.86. The van der Waals surface area contributed by atoms with Crippen molar-refractivity contribution in [2.45, 2.75) is 25.7 Å². The molecular formula is C26H27ClN2O7S. The second-order valence-corrected chi connectivity index (χ2v) is 9.56. The lowest BCUT2D eigenvalue weighted by atomic mass is 10.2. The largest absolute Gasteiger partial charge is 0.493 e. The molecule has 0 atom stereocenters. The van der Waals surface area contributed by atoms with Crippen LogP contribution in [0.3, 0.4) is 0 Å². The Hall–Kier alpha value is -3.76. The standard InChI is InChI=1S/C26H27ClN2O7S/c1-5-34-23-15-19(9-12-22(23)33-4)26(30)29-28-16-18-13-21(27)25(24(14-18)35-6-2)36-37(31,32)20-10-7-17(3)8-11-20/h7-16H,5-6H2,1-4H3,(H,29,30)/b28-16+. The summed E-state index contributed by atoms with van der Waals surface area (Å²) in [6.07, 6.45) is 1.34. The Balaban J connectivity index is 1.80. The number of nitrogens with one attached hydrogen (secondary N) is 1. The van der Waals surface area contributed by atoms with Gasteiger partial charge in [-0.05, 0) is 68.8 Å². The van der Waals surface area contributed by atoms with Gasteiger partial charge in [-0.15, -0.1) is 0 Å². The number of benzene rings is 3. The molecule has 9 nitrogen and oxygen atoms in total. The van der Waals surface area contributed by atoms with Gasteiger partial charge in [-0.25, -0.2) is 5.43 Å². The number of methoxy groups -OCH3 is 1. The summed E-state index contributed by atoms with van der Waals surface area (Å²) in [6, 6.07) is 13.9. The van der Waals surface area contributed by atoms with Crippen LogP contribution in [0, 0.1) is 6.92 Å². The van der Waals surface area contributed by atoms with E-state index < -0.39 is 16.0 Å². The van der Waals surface area contributed by atoms with Gasteiger partial charge in [0.1, 0.15) is 4.90 Å². The number of hydrazone groups is 1. The number of carbonyl (C=O) groups is 1. The molecule has 1 amide bonds. The predicted molar refractivity (Wildman–Crippen MR) is 141 cm³/mol. The summed E-state index contributed by atoms with van der Waals surface area (Å²) in [4.78, 5) is 12.5. The molecule has 0 bridgehead atoms. The minimum Gasteiger partial charge on any atom is -0.493 e. The second kappa shape index (κ2) is 12.5. The first kappa shape index (κ1) is 27.8. The number of rotatable bonds is 11. The van der Waals surface area contributed by atoms with Crippen molar-refractivity contribution in [2.24, 2.45) is 5.10 Å². The fourth-order valence-electron chi connectivity index (χ4n) is 3.19. The zero-order chi connectivity index (χ0) is 27.0. The van der Waals surface area contributed by atoms with E-state index in [2.05, 4.69) is 10.5 Å². The molecule has 0 fully saturated rings. The zero-order valence-electron chi connectivity index (χ0n) is 20.8. The lowest BCUT2D eigenvalue weighted by Gasteiger charge is -2.14. The SMILES string of the molecule is CCOc1cc(C(=O)N/N=C/c2cc(Cl)c(OS(=O)(=O)c3ccc(C)cc3)c(OCC)c2)ccc1OC. The Morgan fingerprint density at radius 2 is 1.65 bits per heavy atom. The van der Waals surface area contributed by atoms with E-state index in [0.717, 1.165) is 5.56 Å². The van der Waals surface area contributed by atoms with Gasteiger partial charge < -0.3 is 18.4 Å². The molecular weight excluding hydrogens is 520 g/mol. The van der Waals surface area contributed by atoms with Crippen molar-refractivity contribution < 1.29 is 31.6 Å². The molecule has 3 aromatic rings. The van der Waals surface area contributed by atoms with Gasteiger partial charge in [0.15, 0.2) is 17.2 Å². The first-order chi connectivity index (χ1) is 17.7. The van der Waals surface area contributed by atoms with E-state index in [0.29, 0.717) is 29.2 Å². The molecule has 3 rings (SSSR count). The van der Waals surface area contributed by atoms with Crippen molar-refractivity contribution in [3.63, 3.8) is 0 Å². The number of hydrogen-bond donors (Lipinski definition) is 1. The van der Waals surface area contributed by atoms with Crippen LogP contribution in [-0.4, -0.2) is 40.9 Å². The lowest BCUT2D eigenvalue weighted by Crippen LogP contribution is -2.17. The summed E-state index contributed by atoms with van der Waals surface area (Å²) in [5.41, 5.74) is 4.10. The van der Waals surface area contributed by atoms with Crippen LogP contribution < -0.4 is 23.8 Å². The van der Waals surface area contributed by atoms with E-state index in [1.807, 2.05) is 13.8 Å². The highest BCUT2D eigenvalue weighted by Gasteiger charge is 2.22. The third-order valence-electron chi connectivity index (χ3n) is 4.94. The maximum absolute atomic E-state index is 12.8. The van der Waals surface area contributed by atoms with Gasteiger partial charge in [0.2, 0.25) is 5.75 Å². The first-order valence-corrected chi connectivity index (χ1v) is 13.1. The molecule has 196 valence electrons. The first-order valence-electron chi connectivity index (χ1n) is 11.3. The monoisotopic (exact) mass is 546 g/mol. The van der Waals surface area contributed by atoms with Crippen molar-refractivity contribution in [3.05, 3.63) is 76.3 Å². The molecule has 0 spiro atoms. The Morgan fingerprint density at radius 3 is 2.30 bits per heavy atom. The topological polar surface area (TPSA) is 113 Å². The number of carbonyl (C=O) groups excluding carboxylic acids is 1. The molecule has 0 aliphatic carbocycles. The fourth-order valence-corrected chi connectivity index (χ4v) is 4.45. The molecule has 0 heterocycles. The van der Waals surface area contributed by atoms with Crippen LogP contribution in [-0.2, 0) is 10.1 Å². The average molecular weight is 547 g/mol. The summed E-state index contributed by atoms with van der Waals surface area (Å²) in [7, 11) is -2.64. The molecule has 0 aliphatic rings. The van der Waals surface area contributed by atoms with Gasteiger partial charge in [0.25, 0.3) is 5.91 Å². The van der Waals surface area contributed by atoms with Gasteiger partial charge in [0, 0.05) is 5.56 Å². The summed E-state index contributed by atoms with van der Waals surface area (Å²) >= 11 is 6.36. The maximum atomic E-state index is 12.8. The molecule has 11 heteroatoms. The normalized spacial score (nSPS) is 11.3.